The van der Waals surface area contributed by atoms with Crippen molar-refractivity contribution >= 4 is 5.97 Å². The van der Waals surface area contributed by atoms with E-state index in [4.69, 9.17) is 4.74 Å². The number of aromatic nitrogens is 2. The molecule has 0 saturated carbocycles. The highest BCUT2D eigenvalue weighted by Gasteiger charge is 2.23. The number of hydrogen-bond donors (Lipinski definition) is 1. The second-order valence-corrected chi connectivity index (χ2v) is 6.08. The Bertz CT molecular complexity index is 754. The molecule has 1 aromatic heterocycles. The summed E-state index contributed by atoms with van der Waals surface area (Å²) in [5.41, 5.74) is 2.41. The first-order valence-corrected chi connectivity index (χ1v) is 7.96. The van der Waals surface area contributed by atoms with Crippen molar-refractivity contribution in [3.05, 3.63) is 47.0 Å². The molecule has 120 valence electrons. The van der Waals surface area contributed by atoms with Crippen molar-refractivity contribution in [1.82, 2.24) is 14.5 Å². The highest BCUT2D eigenvalue weighted by atomic mass is 16.5. The Balaban J connectivity index is 1.58. The van der Waals surface area contributed by atoms with Crippen LogP contribution in [0.2, 0.25) is 0 Å². The molecule has 4 rings (SSSR count). The number of rotatable bonds is 3. The maximum absolute atomic E-state index is 11.3. The average Bonchev–Trinajstić information content (AvgIpc) is 3.07. The van der Waals surface area contributed by atoms with Gasteiger partial charge in [-0.15, -0.1) is 0 Å². The van der Waals surface area contributed by atoms with E-state index in [1.165, 1.54) is 17.9 Å². The van der Waals surface area contributed by atoms with Crippen molar-refractivity contribution in [2.24, 2.45) is 0 Å². The standard InChI is InChI=1S/C17H19N3O3/c21-17(22)14-4-1-3-12-10-19(7-8-23-16(12)14)11-13-9-18-15-5-2-6-20(13)15/h1,3-4,9H,2,5-8,10-11H2,(H,21,22). The molecule has 3 heterocycles. The third-order valence-electron chi connectivity index (χ3n) is 4.56. The number of imidazole rings is 1. The number of para-hydroxylation sites is 1. The predicted octanol–water partition coefficient (Wildman–Crippen LogP) is 1.92. The lowest BCUT2D eigenvalue weighted by Crippen LogP contribution is -2.26. The molecule has 2 aliphatic heterocycles. The van der Waals surface area contributed by atoms with E-state index in [2.05, 4.69) is 14.5 Å². The minimum absolute atomic E-state index is 0.245. The van der Waals surface area contributed by atoms with E-state index >= 15 is 0 Å². The van der Waals surface area contributed by atoms with Crippen LogP contribution in [0.3, 0.4) is 0 Å². The number of aromatic carboxylic acids is 1. The lowest BCUT2D eigenvalue weighted by Gasteiger charge is -2.19. The molecule has 6 heteroatoms. The minimum atomic E-state index is -0.941. The number of carboxylic acids is 1. The molecule has 23 heavy (non-hydrogen) atoms. The molecule has 0 radical (unpaired) electrons. The zero-order valence-corrected chi connectivity index (χ0v) is 12.9. The Hall–Kier alpha value is -2.34. The van der Waals surface area contributed by atoms with Gasteiger partial charge in [0, 0.05) is 44.4 Å². The Morgan fingerprint density at radius 2 is 2.26 bits per heavy atom. The molecule has 0 aliphatic carbocycles. The normalized spacial score (nSPS) is 17.2. The molecular formula is C17H19N3O3. The molecule has 0 saturated heterocycles. The Morgan fingerprint density at radius 1 is 1.35 bits per heavy atom. The lowest BCUT2D eigenvalue weighted by atomic mass is 10.1. The number of fused-ring (bicyclic) bond motifs is 2. The molecule has 6 nitrogen and oxygen atoms in total. The van der Waals surface area contributed by atoms with E-state index < -0.39 is 5.97 Å². The summed E-state index contributed by atoms with van der Waals surface area (Å²) in [6.07, 6.45) is 4.20. The van der Waals surface area contributed by atoms with Crippen LogP contribution in [0.1, 0.15) is 33.9 Å². The van der Waals surface area contributed by atoms with Gasteiger partial charge in [0.05, 0.1) is 5.69 Å². The molecule has 0 spiro atoms. The van der Waals surface area contributed by atoms with E-state index in [1.54, 1.807) is 12.1 Å². The van der Waals surface area contributed by atoms with Gasteiger partial charge in [-0.1, -0.05) is 12.1 Å². The van der Waals surface area contributed by atoms with Crippen molar-refractivity contribution in [3.63, 3.8) is 0 Å². The second kappa shape index (κ2) is 5.70. The maximum Gasteiger partial charge on any atom is 0.339 e. The number of ether oxygens (including phenoxy) is 1. The van der Waals surface area contributed by atoms with Crippen LogP contribution in [0.25, 0.3) is 0 Å². The first-order chi connectivity index (χ1) is 11.2. The number of nitrogens with zero attached hydrogens (tertiary/aromatic N) is 3. The van der Waals surface area contributed by atoms with Gasteiger partial charge < -0.3 is 14.4 Å². The predicted molar refractivity (Wildman–Crippen MR) is 83.6 cm³/mol. The monoisotopic (exact) mass is 313 g/mol. The van der Waals surface area contributed by atoms with Crippen LogP contribution >= 0.6 is 0 Å². The van der Waals surface area contributed by atoms with Crippen molar-refractivity contribution < 1.29 is 14.6 Å². The van der Waals surface area contributed by atoms with Crippen LogP contribution in [0, 0.1) is 0 Å². The van der Waals surface area contributed by atoms with Gasteiger partial charge in [-0.3, -0.25) is 4.90 Å². The number of carbonyl (C=O) groups is 1. The molecule has 1 N–H and O–H groups in total. The van der Waals surface area contributed by atoms with Gasteiger partial charge in [0.2, 0.25) is 0 Å². The summed E-state index contributed by atoms with van der Waals surface area (Å²) in [6.45, 7) is 3.82. The lowest BCUT2D eigenvalue weighted by molar-refractivity contribution is 0.0692. The van der Waals surface area contributed by atoms with Crippen LogP contribution in [-0.2, 0) is 26.1 Å². The number of carboxylic acid groups (broad SMARTS) is 1. The van der Waals surface area contributed by atoms with Gasteiger partial charge in [0.25, 0.3) is 0 Å². The fourth-order valence-electron chi connectivity index (χ4n) is 3.46. The van der Waals surface area contributed by atoms with Gasteiger partial charge in [0.1, 0.15) is 23.7 Å². The van der Waals surface area contributed by atoms with E-state index in [0.29, 0.717) is 18.9 Å². The van der Waals surface area contributed by atoms with Gasteiger partial charge in [-0.2, -0.15) is 0 Å². The summed E-state index contributed by atoms with van der Waals surface area (Å²) < 4.78 is 8.04. The molecule has 0 amide bonds. The molecule has 0 atom stereocenters. The van der Waals surface area contributed by atoms with E-state index in [-0.39, 0.29) is 5.56 Å². The topological polar surface area (TPSA) is 67.6 Å². The summed E-state index contributed by atoms with van der Waals surface area (Å²) in [5.74, 6) is 0.754. The summed E-state index contributed by atoms with van der Waals surface area (Å²) in [7, 11) is 0. The minimum Gasteiger partial charge on any atom is -0.491 e. The van der Waals surface area contributed by atoms with Crippen molar-refractivity contribution in [2.45, 2.75) is 32.5 Å². The van der Waals surface area contributed by atoms with Crippen LogP contribution in [0.5, 0.6) is 5.75 Å². The zero-order chi connectivity index (χ0) is 15.8. The summed E-state index contributed by atoms with van der Waals surface area (Å²) in [5, 5.41) is 9.31. The molecule has 2 aliphatic rings. The van der Waals surface area contributed by atoms with E-state index in [9.17, 15) is 9.90 Å². The number of benzene rings is 1. The summed E-state index contributed by atoms with van der Waals surface area (Å²) >= 11 is 0. The highest BCUT2D eigenvalue weighted by molar-refractivity contribution is 5.91. The van der Waals surface area contributed by atoms with Gasteiger partial charge in [-0.05, 0) is 12.5 Å². The second-order valence-electron chi connectivity index (χ2n) is 6.08. The molecule has 2 aromatic rings. The molecule has 0 fully saturated rings. The molecule has 0 unspecified atom stereocenters. The molecule has 0 bridgehead atoms. The van der Waals surface area contributed by atoms with Crippen LogP contribution in [0.4, 0.5) is 0 Å². The molecule has 1 aromatic carbocycles. The largest absolute Gasteiger partial charge is 0.491 e. The Labute approximate surface area is 134 Å². The first-order valence-electron chi connectivity index (χ1n) is 7.96. The van der Waals surface area contributed by atoms with Gasteiger partial charge >= 0.3 is 5.97 Å². The molecular weight excluding hydrogens is 294 g/mol. The number of hydrogen-bond acceptors (Lipinski definition) is 4. The number of aryl methyl sites for hydroxylation is 1. The first kappa shape index (κ1) is 14.3. The average molecular weight is 313 g/mol. The Kier molecular flexibility index (Phi) is 3.53. The van der Waals surface area contributed by atoms with Gasteiger partial charge in [0.15, 0.2) is 0 Å². The SMILES string of the molecule is O=C(O)c1cccc2c1OCCN(Cc1cnc3n1CCC3)C2. The third kappa shape index (κ3) is 2.59. The van der Waals surface area contributed by atoms with Crippen LogP contribution in [0.15, 0.2) is 24.4 Å². The highest BCUT2D eigenvalue weighted by Crippen LogP contribution is 2.28. The van der Waals surface area contributed by atoms with Gasteiger partial charge in [-0.25, -0.2) is 9.78 Å². The Morgan fingerprint density at radius 3 is 3.13 bits per heavy atom. The van der Waals surface area contributed by atoms with E-state index in [0.717, 1.165) is 31.6 Å². The quantitative estimate of drug-likeness (QED) is 0.938. The summed E-state index contributed by atoms with van der Waals surface area (Å²) in [4.78, 5) is 18.1. The summed E-state index contributed by atoms with van der Waals surface area (Å²) in [6, 6.07) is 5.33. The van der Waals surface area contributed by atoms with Crippen molar-refractivity contribution in [3.8, 4) is 5.75 Å². The van der Waals surface area contributed by atoms with Crippen LogP contribution in [-0.4, -0.2) is 38.7 Å². The maximum atomic E-state index is 11.3. The fraction of sp³-hybridized carbons (Fsp3) is 0.412. The fourth-order valence-corrected chi connectivity index (χ4v) is 3.46. The smallest absolute Gasteiger partial charge is 0.339 e. The van der Waals surface area contributed by atoms with Crippen molar-refractivity contribution in [2.75, 3.05) is 13.2 Å². The third-order valence-corrected chi connectivity index (χ3v) is 4.56. The van der Waals surface area contributed by atoms with E-state index in [1.807, 2.05) is 12.3 Å². The van der Waals surface area contributed by atoms with Crippen molar-refractivity contribution in [1.29, 1.82) is 0 Å². The zero-order valence-electron chi connectivity index (χ0n) is 12.9. The van der Waals surface area contributed by atoms with Crippen LogP contribution < -0.4 is 4.74 Å².